The number of amides is 2. The maximum atomic E-state index is 13.1. The Morgan fingerprint density at radius 1 is 1.05 bits per heavy atom. The first kappa shape index (κ1) is 15.7. The minimum Gasteiger partial charge on any atom is -0.347 e. The fraction of sp³-hybridized carbons (Fsp3) is 0.176. The third-order valence-electron chi connectivity index (χ3n) is 3.20. The Hall–Kier alpha value is -2.69. The van der Waals surface area contributed by atoms with E-state index in [4.69, 9.17) is 0 Å². The Morgan fingerprint density at radius 3 is 2.50 bits per heavy atom. The highest BCUT2D eigenvalue weighted by Crippen LogP contribution is 2.15. The number of aryl methyl sites for hydroxylation is 1. The summed E-state index contributed by atoms with van der Waals surface area (Å²) in [4.78, 5) is 23.5. The molecule has 0 bridgehead atoms. The molecule has 0 fully saturated rings. The number of hydrogen-bond acceptors (Lipinski definition) is 2. The molecule has 22 heavy (non-hydrogen) atoms. The highest BCUT2D eigenvalue weighted by molar-refractivity contribution is 6.39. The molecular formula is C17H17FN2O2. The summed E-state index contributed by atoms with van der Waals surface area (Å²) in [6, 6.07) is 13.7. The van der Waals surface area contributed by atoms with Gasteiger partial charge in [0.2, 0.25) is 0 Å². The van der Waals surface area contributed by atoms with E-state index in [0.29, 0.717) is 24.2 Å². The molecule has 2 aromatic rings. The van der Waals surface area contributed by atoms with Crippen molar-refractivity contribution < 1.29 is 14.0 Å². The molecule has 0 spiro atoms. The van der Waals surface area contributed by atoms with Crippen LogP contribution in [0.5, 0.6) is 0 Å². The molecule has 0 aromatic heterocycles. The average Bonchev–Trinajstić information content (AvgIpc) is 2.52. The summed E-state index contributed by atoms with van der Waals surface area (Å²) >= 11 is 0. The summed E-state index contributed by atoms with van der Waals surface area (Å²) in [5.41, 5.74) is 2.05. The van der Waals surface area contributed by atoms with Crippen LogP contribution in [0.15, 0.2) is 48.5 Å². The minimum atomic E-state index is -0.804. The zero-order chi connectivity index (χ0) is 15.9. The second kappa shape index (κ2) is 7.36. The van der Waals surface area contributed by atoms with Crippen LogP contribution in [0, 0.1) is 12.7 Å². The lowest BCUT2D eigenvalue weighted by atomic mass is 10.1. The summed E-state index contributed by atoms with van der Waals surface area (Å²) in [5, 5.41) is 4.95. The molecular weight excluding hydrogens is 283 g/mol. The molecule has 0 saturated heterocycles. The van der Waals surface area contributed by atoms with Gasteiger partial charge in [-0.25, -0.2) is 4.39 Å². The van der Waals surface area contributed by atoms with E-state index in [2.05, 4.69) is 10.6 Å². The fourth-order valence-electron chi connectivity index (χ4n) is 1.95. The first-order valence-corrected chi connectivity index (χ1v) is 6.95. The number of benzene rings is 2. The van der Waals surface area contributed by atoms with Gasteiger partial charge in [0.25, 0.3) is 0 Å². The van der Waals surface area contributed by atoms with Crippen LogP contribution in [0.3, 0.4) is 0 Å². The van der Waals surface area contributed by atoms with E-state index in [1.807, 2.05) is 30.3 Å². The highest BCUT2D eigenvalue weighted by atomic mass is 19.1. The van der Waals surface area contributed by atoms with Crippen molar-refractivity contribution in [1.82, 2.24) is 5.32 Å². The number of rotatable bonds is 4. The van der Waals surface area contributed by atoms with Gasteiger partial charge >= 0.3 is 11.8 Å². The maximum absolute atomic E-state index is 13.1. The van der Waals surface area contributed by atoms with Gasteiger partial charge in [0.1, 0.15) is 5.82 Å². The molecule has 5 heteroatoms. The number of halogens is 1. The van der Waals surface area contributed by atoms with Crippen LogP contribution in [0.2, 0.25) is 0 Å². The highest BCUT2D eigenvalue weighted by Gasteiger charge is 2.14. The largest absolute Gasteiger partial charge is 0.347 e. The Balaban J connectivity index is 1.84. The molecule has 2 amide bonds. The molecule has 2 N–H and O–H groups in total. The van der Waals surface area contributed by atoms with E-state index in [0.717, 1.165) is 5.56 Å². The van der Waals surface area contributed by atoms with Crippen molar-refractivity contribution >= 4 is 17.5 Å². The molecule has 0 atom stereocenters. The van der Waals surface area contributed by atoms with Crippen LogP contribution in [0.1, 0.15) is 11.1 Å². The Morgan fingerprint density at radius 2 is 1.77 bits per heavy atom. The van der Waals surface area contributed by atoms with E-state index < -0.39 is 17.6 Å². The van der Waals surface area contributed by atoms with Crippen molar-refractivity contribution in [3.63, 3.8) is 0 Å². The van der Waals surface area contributed by atoms with E-state index in [-0.39, 0.29) is 0 Å². The van der Waals surface area contributed by atoms with Crippen molar-refractivity contribution in [3.8, 4) is 0 Å². The van der Waals surface area contributed by atoms with E-state index >= 15 is 0 Å². The van der Waals surface area contributed by atoms with Crippen molar-refractivity contribution in [2.45, 2.75) is 13.3 Å². The third kappa shape index (κ3) is 4.41. The molecule has 0 aliphatic heterocycles. The van der Waals surface area contributed by atoms with Crippen molar-refractivity contribution in [2.24, 2.45) is 0 Å². The topological polar surface area (TPSA) is 58.2 Å². The molecule has 2 rings (SSSR count). The van der Waals surface area contributed by atoms with Crippen LogP contribution in [0.4, 0.5) is 10.1 Å². The predicted molar refractivity (Wildman–Crippen MR) is 82.9 cm³/mol. The number of nitrogens with one attached hydrogen (secondary N) is 2. The van der Waals surface area contributed by atoms with Crippen LogP contribution in [0.25, 0.3) is 0 Å². The van der Waals surface area contributed by atoms with Gasteiger partial charge in [-0.2, -0.15) is 0 Å². The fourth-order valence-corrected chi connectivity index (χ4v) is 1.95. The van der Waals surface area contributed by atoms with Gasteiger partial charge in [0, 0.05) is 12.2 Å². The van der Waals surface area contributed by atoms with Gasteiger partial charge < -0.3 is 10.6 Å². The van der Waals surface area contributed by atoms with Crippen molar-refractivity contribution in [1.29, 1.82) is 0 Å². The molecule has 0 heterocycles. The second-order valence-electron chi connectivity index (χ2n) is 4.90. The van der Waals surface area contributed by atoms with Crippen LogP contribution >= 0.6 is 0 Å². The molecule has 0 saturated carbocycles. The molecule has 114 valence electrons. The van der Waals surface area contributed by atoms with E-state index in [1.54, 1.807) is 6.92 Å². The first-order valence-electron chi connectivity index (χ1n) is 6.95. The summed E-state index contributed by atoms with van der Waals surface area (Å²) in [6.07, 6.45) is 0.638. The molecule has 2 aromatic carbocycles. The molecule has 0 aliphatic carbocycles. The summed E-state index contributed by atoms with van der Waals surface area (Å²) in [6.45, 7) is 2.08. The van der Waals surface area contributed by atoms with Gasteiger partial charge in [0.05, 0.1) is 0 Å². The van der Waals surface area contributed by atoms with Crippen molar-refractivity contribution in [3.05, 3.63) is 65.5 Å². The average molecular weight is 300 g/mol. The number of hydrogen-bond donors (Lipinski definition) is 2. The maximum Gasteiger partial charge on any atom is 0.313 e. The SMILES string of the molecule is Cc1ccc(F)cc1NC(=O)C(=O)NCCc1ccccc1. The quantitative estimate of drug-likeness (QED) is 0.852. The normalized spacial score (nSPS) is 10.1. The summed E-state index contributed by atoms with van der Waals surface area (Å²) < 4.78 is 13.1. The van der Waals surface area contributed by atoms with Gasteiger partial charge in [0.15, 0.2) is 0 Å². The van der Waals surface area contributed by atoms with E-state index in [9.17, 15) is 14.0 Å². The second-order valence-corrected chi connectivity index (χ2v) is 4.90. The smallest absolute Gasteiger partial charge is 0.313 e. The van der Waals surface area contributed by atoms with Gasteiger partial charge in [-0.1, -0.05) is 36.4 Å². The first-order chi connectivity index (χ1) is 10.6. The van der Waals surface area contributed by atoms with Gasteiger partial charge in [-0.15, -0.1) is 0 Å². The standard InChI is InChI=1S/C17H17FN2O2/c1-12-7-8-14(18)11-15(12)20-17(22)16(21)19-10-9-13-5-3-2-4-6-13/h2-8,11H,9-10H2,1H3,(H,19,21)(H,20,22). The molecule has 0 aliphatic rings. The Kier molecular flexibility index (Phi) is 5.25. The Labute approximate surface area is 128 Å². The lowest BCUT2D eigenvalue weighted by molar-refractivity contribution is -0.136. The lowest BCUT2D eigenvalue weighted by Gasteiger charge is -2.09. The van der Waals surface area contributed by atoms with E-state index in [1.165, 1.54) is 18.2 Å². The molecule has 0 unspecified atom stereocenters. The number of carbonyl (C=O) groups is 2. The lowest BCUT2D eigenvalue weighted by Crippen LogP contribution is -2.36. The summed E-state index contributed by atoms with van der Waals surface area (Å²) in [7, 11) is 0. The van der Waals surface area contributed by atoms with Crippen LogP contribution in [-0.4, -0.2) is 18.4 Å². The summed E-state index contributed by atoms with van der Waals surface area (Å²) in [5.74, 6) is -2.01. The van der Waals surface area contributed by atoms with Crippen LogP contribution < -0.4 is 10.6 Å². The monoisotopic (exact) mass is 300 g/mol. The van der Waals surface area contributed by atoms with Gasteiger partial charge in [-0.05, 0) is 36.6 Å². The minimum absolute atomic E-state index is 0.295. The zero-order valence-electron chi connectivity index (χ0n) is 12.2. The van der Waals surface area contributed by atoms with Crippen LogP contribution in [-0.2, 0) is 16.0 Å². The molecule has 4 nitrogen and oxygen atoms in total. The number of carbonyl (C=O) groups excluding carboxylic acids is 2. The molecule has 0 radical (unpaired) electrons. The third-order valence-corrected chi connectivity index (χ3v) is 3.20. The Bertz CT molecular complexity index is 672. The van der Waals surface area contributed by atoms with Gasteiger partial charge in [-0.3, -0.25) is 9.59 Å². The zero-order valence-corrected chi connectivity index (χ0v) is 12.2. The van der Waals surface area contributed by atoms with Crippen molar-refractivity contribution in [2.75, 3.05) is 11.9 Å². The predicted octanol–water partition coefficient (Wildman–Crippen LogP) is 2.43. The number of anilines is 1.